The average molecular weight is 280 g/mol. The van der Waals surface area contributed by atoms with Crippen LogP contribution in [0.5, 0.6) is 0 Å². The Morgan fingerprint density at radius 1 is 0.857 bits per heavy atom. The molecule has 4 heteroatoms. The molecule has 106 valence electrons. The maximum absolute atomic E-state index is 12.4. The minimum Gasteiger partial charge on any atom is -0.354 e. The van der Waals surface area contributed by atoms with Crippen molar-refractivity contribution in [3.8, 4) is 0 Å². The summed E-state index contributed by atoms with van der Waals surface area (Å²) in [4.78, 5) is 28.0. The van der Waals surface area contributed by atoms with Gasteiger partial charge in [-0.2, -0.15) is 0 Å². The summed E-state index contributed by atoms with van der Waals surface area (Å²) in [5.41, 5.74) is 1.98. The van der Waals surface area contributed by atoms with Crippen LogP contribution in [-0.2, 0) is 0 Å². The van der Waals surface area contributed by atoms with Crippen LogP contribution in [-0.4, -0.2) is 29.9 Å². The van der Waals surface area contributed by atoms with Crippen LogP contribution in [0.3, 0.4) is 0 Å². The first-order valence-electron chi connectivity index (χ1n) is 6.97. The van der Waals surface area contributed by atoms with Gasteiger partial charge in [-0.05, 0) is 31.2 Å². The van der Waals surface area contributed by atoms with Crippen LogP contribution in [0.25, 0.3) is 0 Å². The van der Waals surface area contributed by atoms with Crippen molar-refractivity contribution in [2.45, 2.75) is 6.92 Å². The number of hydrogen-bond acceptors (Lipinski definition) is 3. The first kappa shape index (κ1) is 13.4. The fourth-order valence-corrected chi connectivity index (χ4v) is 2.54. The van der Waals surface area contributed by atoms with Gasteiger partial charge in [-0.3, -0.25) is 14.5 Å². The number of para-hydroxylation sites is 1. The molecular weight excluding hydrogens is 264 g/mol. The van der Waals surface area contributed by atoms with Crippen molar-refractivity contribution in [1.29, 1.82) is 0 Å². The third-order valence-electron chi connectivity index (χ3n) is 3.69. The van der Waals surface area contributed by atoms with Crippen LogP contribution in [0.15, 0.2) is 54.6 Å². The van der Waals surface area contributed by atoms with E-state index in [4.69, 9.17) is 0 Å². The van der Waals surface area contributed by atoms with E-state index >= 15 is 0 Å². The Morgan fingerprint density at radius 3 is 1.90 bits per heavy atom. The molecule has 0 spiro atoms. The SMILES string of the molecule is CCN(CN1C(=O)c2ccccc2C1=O)c1ccccc1. The lowest BCUT2D eigenvalue weighted by molar-refractivity contribution is 0.0654. The predicted octanol–water partition coefficient (Wildman–Crippen LogP) is 2.77. The second-order valence-corrected chi connectivity index (χ2v) is 4.92. The van der Waals surface area contributed by atoms with Gasteiger partial charge >= 0.3 is 0 Å². The molecule has 0 N–H and O–H groups in total. The van der Waals surface area contributed by atoms with Crippen molar-refractivity contribution >= 4 is 17.5 Å². The average Bonchev–Trinajstić information content (AvgIpc) is 2.78. The number of hydrogen-bond donors (Lipinski definition) is 0. The van der Waals surface area contributed by atoms with Gasteiger partial charge in [0.25, 0.3) is 11.8 Å². The molecule has 2 aromatic rings. The molecule has 1 aliphatic rings. The molecule has 1 aliphatic heterocycles. The molecule has 0 aromatic heterocycles. The summed E-state index contributed by atoms with van der Waals surface area (Å²) in [6.07, 6.45) is 0. The van der Waals surface area contributed by atoms with E-state index in [-0.39, 0.29) is 18.5 Å². The number of carbonyl (C=O) groups is 2. The third-order valence-corrected chi connectivity index (χ3v) is 3.69. The highest BCUT2D eigenvalue weighted by atomic mass is 16.2. The summed E-state index contributed by atoms with van der Waals surface area (Å²) >= 11 is 0. The number of imide groups is 1. The normalized spacial score (nSPS) is 13.5. The lowest BCUT2D eigenvalue weighted by atomic mass is 10.1. The van der Waals surface area contributed by atoms with Crippen LogP contribution in [0, 0.1) is 0 Å². The Morgan fingerprint density at radius 2 is 1.38 bits per heavy atom. The van der Waals surface area contributed by atoms with E-state index in [1.54, 1.807) is 24.3 Å². The molecule has 0 unspecified atom stereocenters. The second-order valence-electron chi connectivity index (χ2n) is 4.92. The molecule has 0 saturated carbocycles. The number of fused-ring (bicyclic) bond motifs is 1. The number of benzene rings is 2. The van der Waals surface area contributed by atoms with Gasteiger partial charge in [0.1, 0.15) is 6.67 Å². The molecule has 0 fully saturated rings. The van der Waals surface area contributed by atoms with Crippen LogP contribution in [0.2, 0.25) is 0 Å². The number of anilines is 1. The Hall–Kier alpha value is -2.62. The van der Waals surface area contributed by atoms with Gasteiger partial charge in [0.2, 0.25) is 0 Å². The summed E-state index contributed by atoms with van der Waals surface area (Å²) < 4.78 is 0. The molecule has 0 saturated heterocycles. The van der Waals surface area contributed by atoms with E-state index in [0.29, 0.717) is 11.1 Å². The van der Waals surface area contributed by atoms with E-state index in [1.165, 1.54) is 4.90 Å². The highest BCUT2D eigenvalue weighted by Gasteiger charge is 2.35. The van der Waals surface area contributed by atoms with Crippen LogP contribution in [0.4, 0.5) is 5.69 Å². The zero-order chi connectivity index (χ0) is 14.8. The minimum absolute atomic E-state index is 0.218. The first-order chi connectivity index (χ1) is 10.2. The molecule has 3 rings (SSSR count). The quantitative estimate of drug-likeness (QED) is 0.809. The Bertz CT molecular complexity index is 647. The molecule has 0 atom stereocenters. The molecule has 2 aromatic carbocycles. The van der Waals surface area contributed by atoms with Crippen molar-refractivity contribution in [1.82, 2.24) is 4.90 Å². The molecule has 21 heavy (non-hydrogen) atoms. The summed E-state index contributed by atoms with van der Waals surface area (Å²) in [5.74, 6) is -0.435. The van der Waals surface area contributed by atoms with Crippen LogP contribution >= 0.6 is 0 Å². The fraction of sp³-hybridized carbons (Fsp3) is 0.176. The Kier molecular flexibility index (Phi) is 3.44. The van der Waals surface area contributed by atoms with Crippen molar-refractivity contribution in [2.24, 2.45) is 0 Å². The number of carbonyl (C=O) groups excluding carboxylic acids is 2. The van der Waals surface area contributed by atoms with Gasteiger partial charge in [0, 0.05) is 12.2 Å². The lowest BCUT2D eigenvalue weighted by Gasteiger charge is -2.27. The summed E-state index contributed by atoms with van der Waals surface area (Å²) in [7, 11) is 0. The molecule has 0 bridgehead atoms. The summed E-state index contributed by atoms with van der Waals surface area (Å²) in [6, 6.07) is 16.7. The standard InChI is InChI=1S/C17H16N2O2/c1-2-18(13-8-4-3-5-9-13)12-19-16(20)14-10-6-7-11-15(14)17(19)21/h3-11H,2,12H2,1H3. The smallest absolute Gasteiger partial charge is 0.263 e. The van der Waals surface area contributed by atoms with Crippen molar-refractivity contribution in [3.63, 3.8) is 0 Å². The monoisotopic (exact) mass is 280 g/mol. The van der Waals surface area contributed by atoms with Crippen molar-refractivity contribution in [2.75, 3.05) is 18.1 Å². The van der Waals surface area contributed by atoms with Crippen molar-refractivity contribution < 1.29 is 9.59 Å². The van der Waals surface area contributed by atoms with Gasteiger partial charge in [-0.15, -0.1) is 0 Å². The first-order valence-corrected chi connectivity index (χ1v) is 6.97. The van der Waals surface area contributed by atoms with Gasteiger partial charge in [0.05, 0.1) is 11.1 Å². The van der Waals surface area contributed by atoms with Gasteiger partial charge < -0.3 is 4.90 Å². The largest absolute Gasteiger partial charge is 0.354 e. The molecule has 0 aliphatic carbocycles. The van der Waals surface area contributed by atoms with E-state index in [1.807, 2.05) is 42.2 Å². The number of nitrogens with zero attached hydrogens (tertiary/aromatic N) is 2. The number of rotatable bonds is 4. The zero-order valence-corrected chi connectivity index (χ0v) is 11.8. The van der Waals surface area contributed by atoms with Gasteiger partial charge in [-0.1, -0.05) is 30.3 Å². The van der Waals surface area contributed by atoms with Gasteiger partial charge in [0.15, 0.2) is 0 Å². The van der Waals surface area contributed by atoms with E-state index < -0.39 is 0 Å². The topological polar surface area (TPSA) is 40.6 Å². The minimum atomic E-state index is -0.218. The highest BCUT2D eigenvalue weighted by Crippen LogP contribution is 2.24. The maximum Gasteiger partial charge on any atom is 0.263 e. The van der Waals surface area contributed by atoms with E-state index in [2.05, 4.69) is 0 Å². The Balaban J connectivity index is 1.86. The summed E-state index contributed by atoms with van der Waals surface area (Å²) in [6.45, 7) is 3.00. The summed E-state index contributed by atoms with van der Waals surface area (Å²) in [5, 5.41) is 0. The van der Waals surface area contributed by atoms with E-state index in [0.717, 1.165) is 12.2 Å². The van der Waals surface area contributed by atoms with Gasteiger partial charge in [-0.25, -0.2) is 0 Å². The molecule has 4 nitrogen and oxygen atoms in total. The van der Waals surface area contributed by atoms with E-state index in [9.17, 15) is 9.59 Å². The molecule has 1 heterocycles. The number of amides is 2. The van der Waals surface area contributed by atoms with Crippen LogP contribution < -0.4 is 4.90 Å². The molecule has 2 amide bonds. The predicted molar refractivity (Wildman–Crippen MR) is 81.3 cm³/mol. The molecule has 0 radical (unpaired) electrons. The lowest BCUT2D eigenvalue weighted by Crippen LogP contribution is -2.41. The zero-order valence-electron chi connectivity index (χ0n) is 11.8. The second kappa shape index (κ2) is 5.40. The molecular formula is C17H16N2O2. The third kappa shape index (κ3) is 2.29. The Labute approximate surface area is 123 Å². The maximum atomic E-state index is 12.4. The van der Waals surface area contributed by atoms with Crippen molar-refractivity contribution in [3.05, 3.63) is 65.7 Å². The highest BCUT2D eigenvalue weighted by molar-refractivity contribution is 6.21. The fourth-order valence-electron chi connectivity index (χ4n) is 2.54. The van der Waals surface area contributed by atoms with Crippen LogP contribution in [0.1, 0.15) is 27.6 Å².